The second-order valence-corrected chi connectivity index (χ2v) is 2.83. The zero-order valence-corrected chi connectivity index (χ0v) is 7.56. The van der Waals surface area contributed by atoms with E-state index in [1.807, 2.05) is 0 Å². The third-order valence-electron chi connectivity index (χ3n) is 1.21. The lowest BCUT2D eigenvalue weighted by Gasteiger charge is -2.09. The van der Waals surface area contributed by atoms with Crippen LogP contribution in [0.2, 0.25) is 5.02 Å². The zero-order valence-electron chi connectivity index (χ0n) is 6.81. The van der Waals surface area contributed by atoms with Crippen molar-refractivity contribution in [1.82, 2.24) is 4.98 Å². The number of ether oxygens (including phenoxy) is 1. The summed E-state index contributed by atoms with van der Waals surface area (Å²) >= 11 is 5.51. The van der Waals surface area contributed by atoms with Gasteiger partial charge in [-0.05, 0) is 12.1 Å². The van der Waals surface area contributed by atoms with Crippen LogP contribution in [0.1, 0.15) is 0 Å². The first kappa shape index (κ1) is 10.9. The van der Waals surface area contributed by atoms with Crippen molar-refractivity contribution in [2.24, 2.45) is 0 Å². The van der Waals surface area contributed by atoms with Gasteiger partial charge in [-0.1, -0.05) is 11.6 Å². The van der Waals surface area contributed by atoms with Gasteiger partial charge in [0.1, 0.15) is 10.8 Å². The first-order chi connectivity index (χ1) is 6.38. The van der Waals surface area contributed by atoms with Crippen LogP contribution in [0.15, 0.2) is 12.1 Å². The van der Waals surface area contributed by atoms with Gasteiger partial charge in [0.15, 0.2) is 6.61 Å². The summed E-state index contributed by atoms with van der Waals surface area (Å²) in [6, 6.07) is 2.68. The quantitative estimate of drug-likeness (QED) is 0.842. The molecule has 0 aliphatic rings. The molecule has 0 saturated heterocycles. The maximum absolute atomic E-state index is 11.7. The molecule has 1 rings (SSSR count). The number of rotatable bonds is 2. The molecule has 0 saturated carbocycles. The number of nitrogens with zero attached hydrogens (tertiary/aromatic N) is 1. The molecule has 3 nitrogen and oxygen atoms in total. The van der Waals surface area contributed by atoms with Gasteiger partial charge in [-0.3, -0.25) is 0 Å². The van der Waals surface area contributed by atoms with Crippen molar-refractivity contribution in [1.29, 1.82) is 0 Å². The van der Waals surface area contributed by atoms with Crippen molar-refractivity contribution in [2.45, 2.75) is 6.18 Å². The van der Waals surface area contributed by atoms with Crippen molar-refractivity contribution in [3.63, 3.8) is 0 Å². The highest BCUT2D eigenvalue weighted by molar-refractivity contribution is 6.31. The lowest BCUT2D eigenvalue weighted by molar-refractivity contribution is -0.154. The molecule has 0 aromatic carbocycles. The van der Waals surface area contributed by atoms with Crippen LogP contribution in [0, 0.1) is 0 Å². The van der Waals surface area contributed by atoms with Crippen molar-refractivity contribution < 1.29 is 17.9 Å². The maximum Gasteiger partial charge on any atom is 0.422 e. The molecule has 7 heteroatoms. The molecule has 1 aromatic rings. The molecule has 0 radical (unpaired) electrons. The Kier molecular flexibility index (Phi) is 3.05. The number of halogens is 4. The minimum Gasteiger partial charge on any atom is -0.467 e. The van der Waals surface area contributed by atoms with Gasteiger partial charge in [-0.25, -0.2) is 0 Å². The second kappa shape index (κ2) is 3.91. The van der Waals surface area contributed by atoms with E-state index in [1.54, 1.807) is 0 Å². The topological polar surface area (TPSA) is 48.1 Å². The number of nitrogens with two attached hydrogens (primary N) is 1. The average molecular weight is 227 g/mol. The van der Waals surface area contributed by atoms with Crippen LogP contribution < -0.4 is 10.5 Å². The number of nitrogen functional groups attached to an aromatic ring is 1. The molecular formula is C7H6ClF3N2O. The van der Waals surface area contributed by atoms with Crippen molar-refractivity contribution >= 4 is 17.4 Å². The van der Waals surface area contributed by atoms with E-state index in [9.17, 15) is 13.2 Å². The number of alkyl halides is 3. The van der Waals surface area contributed by atoms with E-state index in [2.05, 4.69) is 9.72 Å². The second-order valence-electron chi connectivity index (χ2n) is 2.43. The Morgan fingerprint density at radius 2 is 2.07 bits per heavy atom. The Hall–Kier alpha value is -1.17. The lowest BCUT2D eigenvalue weighted by Crippen LogP contribution is -2.19. The van der Waals surface area contributed by atoms with E-state index in [4.69, 9.17) is 17.3 Å². The summed E-state index contributed by atoms with van der Waals surface area (Å²) in [6.45, 7) is -1.44. The van der Waals surface area contributed by atoms with E-state index in [1.165, 1.54) is 12.1 Å². The zero-order chi connectivity index (χ0) is 10.8. The molecule has 0 spiro atoms. The van der Waals surface area contributed by atoms with Gasteiger partial charge < -0.3 is 10.5 Å². The van der Waals surface area contributed by atoms with Gasteiger partial charge in [0.25, 0.3) is 0 Å². The fourth-order valence-corrected chi connectivity index (χ4v) is 0.849. The predicted octanol–water partition coefficient (Wildman–Crippen LogP) is 2.26. The van der Waals surface area contributed by atoms with Gasteiger partial charge in [-0.15, -0.1) is 0 Å². The van der Waals surface area contributed by atoms with E-state index in [-0.39, 0.29) is 16.7 Å². The van der Waals surface area contributed by atoms with Gasteiger partial charge in [0.2, 0.25) is 5.88 Å². The van der Waals surface area contributed by atoms with Crippen LogP contribution in [-0.4, -0.2) is 17.8 Å². The van der Waals surface area contributed by atoms with Gasteiger partial charge in [-0.2, -0.15) is 18.2 Å². The summed E-state index contributed by atoms with van der Waals surface area (Å²) in [6.07, 6.45) is -4.42. The summed E-state index contributed by atoms with van der Waals surface area (Å²) < 4.78 is 39.6. The average Bonchev–Trinajstić information content (AvgIpc) is 2.05. The van der Waals surface area contributed by atoms with Crippen LogP contribution in [0.5, 0.6) is 5.88 Å². The third-order valence-corrected chi connectivity index (χ3v) is 1.50. The highest BCUT2D eigenvalue weighted by Gasteiger charge is 2.29. The van der Waals surface area contributed by atoms with Crippen LogP contribution in [0.25, 0.3) is 0 Å². The monoisotopic (exact) mass is 226 g/mol. The van der Waals surface area contributed by atoms with Crippen LogP contribution >= 0.6 is 11.6 Å². The van der Waals surface area contributed by atoms with E-state index >= 15 is 0 Å². The van der Waals surface area contributed by atoms with Crippen LogP contribution in [-0.2, 0) is 0 Å². The Morgan fingerprint density at radius 3 is 2.64 bits per heavy atom. The first-order valence-corrected chi connectivity index (χ1v) is 3.88. The highest BCUT2D eigenvalue weighted by Crippen LogP contribution is 2.24. The summed E-state index contributed by atoms with van der Waals surface area (Å²) in [5.74, 6) is -0.268. The molecule has 1 aromatic heterocycles. The fourth-order valence-electron chi connectivity index (χ4n) is 0.689. The van der Waals surface area contributed by atoms with Gasteiger partial charge in [0.05, 0.1) is 0 Å². The number of pyridine rings is 1. The number of anilines is 1. The maximum atomic E-state index is 11.7. The standard InChI is InChI=1S/C7H6ClF3N2O/c8-4-1-2-5(12)13-6(4)14-3-7(9,10)11/h1-2H,3H2,(H2,12,13). The Morgan fingerprint density at radius 1 is 1.43 bits per heavy atom. The summed E-state index contributed by atoms with van der Waals surface area (Å²) in [5.41, 5.74) is 5.24. The normalized spacial score (nSPS) is 11.4. The van der Waals surface area contributed by atoms with Gasteiger partial charge >= 0.3 is 6.18 Å². The predicted molar refractivity (Wildman–Crippen MR) is 45.2 cm³/mol. The third kappa shape index (κ3) is 3.29. The number of hydrogen-bond donors (Lipinski definition) is 1. The molecule has 2 N–H and O–H groups in total. The minimum absolute atomic E-state index is 0.0107. The summed E-state index contributed by atoms with van der Waals surface area (Å²) in [4.78, 5) is 3.50. The smallest absolute Gasteiger partial charge is 0.422 e. The summed E-state index contributed by atoms with van der Waals surface area (Å²) in [5, 5.41) is -0.0107. The molecule has 0 atom stereocenters. The van der Waals surface area contributed by atoms with Crippen molar-refractivity contribution in [2.75, 3.05) is 12.3 Å². The molecule has 1 heterocycles. The van der Waals surface area contributed by atoms with E-state index in [0.717, 1.165) is 0 Å². The summed E-state index contributed by atoms with van der Waals surface area (Å²) in [7, 11) is 0. The Balaban J connectivity index is 2.72. The van der Waals surface area contributed by atoms with Crippen LogP contribution in [0.3, 0.4) is 0 Å². The largest absolute Gasteiger partial charge is 0.467 e. The number of aromatic nitrogens is 1. The lowest BCUT2D eigenvalue weighted by atomic mass is 10.4. The van der Waals surface area contributed by atoms with E-state index in [0.29, 0.717) is 0 Å². The molecule has 0 fully saturated rings. The highest BCUT2D eigenvalue weighted by atomic mass is 35.5. The van der Waals surface area contributed by atoms with Crippen molar-refractivity contribution in [3.05, 3.63) is 17.2 Å². The molecule has 0 aliphatic heterocycles. The van der Waals surface area contributed by atoms with Gasteiger partial charge in [0, 0.05) is 0 Å². The molecule has 0 bridgehead atoms. The fraction of sp³-hybridized carbons (Fsp3) is 0.286. The SMILES string of the molecule is Nc1ccc(Cl)c(OCC(F)(F)F)n1. The molecular weight excluding hydrogens is 221 g/mol. The molecule has 0 unspecified atom stereocenters. The molecule has 0 amide bonds. The molecule has 14 heavy (non-hydrogen) atoms. The Bertz CT molecular complexity index is 329. The first-order valence-electron chi connectivity index (χ1n) is 3.50. The Labute approximate surface area is 82.6 Å². The minimum atomic E-state index is -4.42. The number of hydrogen-bond acceptors (Lipinski definition) is 3. The van der Waals surface area contributed by atoms with Crippen molar-refractivity contribution in [3.8, 4) is 5.88 Å². The van der Waals surface area contributed by atoms with Crippen LogP contribution in [0.4, 0.5) is 19.0 Å². The molecule has 78 valence electrons. The van der Waals surface area contributed by atoms with E-state index < -0.39 is 12.8 Å². The molecule has 0 aliphatic carbocycles.